The molecule has 0 bridgehead atoms. The first-order valence-corrected chi connectivity index (χ1v) is 6.22. The number of amides is 1. The van der Waals surface area contributed by atoms with Crippen molar-refractivity contribution in [3.63, 3.8) is 0 Å². The Kier molecular flexibility index (Phi) is 7.99. The van der Waals surface area contributed by atoms with Gasteiger partial charge >= 0.3 is 0 Å². The van der Waals surface area contributed by atoms with Gasteiger partial charge in [-0.05, 0) is 19.3 Å². The lowest BCUT2D eigenvalue weighted by molar-refractivity contribution is -0.120. The van der Waals surface area contributed by atoms with Gasteiger partial charge < -0.3 is 11.1 Å². The van der Waals surface area contributed by atoms with Gasteiger partial charge in [0.2, 0.25) is 5.91 Å². The molecular formula is C10H22N2OS. The topological polar surface area (TPSA) is 55.1 Å². The van der Waals surface area contributed by atoms with Crippen molar-refractivity contribution in [3.05, 3.63) is 0 Å². The number of rotatable bonds is 7. The number of hydrogen-bond acceptors (Lipinski definition) is 3. The molecule has 4 heteroatoms. The summed E-state index contributed by atoms with van der Waals surface area (Å²) in [6, 6.07) is 0. The summed E-state index contributed by atoms with van der Waals surface area (Å²) in [6.07, 6.45) is 1.04. The fourth-order valence-electron chi connectivity index (χ4n) is 0.948. The van der Waals surface area contributed by atoms with E-state index in [2.05, 4.69) is 19.2 Å². The highest BCUT2D eigenvalue weighted by Crippen LogP contribution is 2.08. The molecule has 3 nitrogen and oxygen atoms in total. The Morgan fingerprint density at radius 2 is 2.07 bits per heavy atom. The van der Waals surface area contributed by atoms with Gasteiger partial charge in [-0.2, -0.15) is 0 Å². The fraction of sp³-hybridized carbons (Fsp3) is 0.900. The highest BCUT2D eigenvalue weighted by molar-refractivity contribution is 8.00. The Morgan fingerprint density at radius 1 is 1.43 bits per heavy atom. The molecule has 0 spiro atoms. The SMILES string of the molecule is CC(C)CCNC(=O)C(C)SCCN. The van der Waals surface area contributed by atoms with Crippen LogP contribution in [0, 0.1) is 5.92 Å². The average Bonchev–Trinajstić information content (AvgIpc) is 2.13. The molecule has 0 aromatic heterocycles. The monoisotopic (exact) mass is 218 g/mol. The first-order valence-electron chi connectivity index (χ1n) is 5.17. The molecule has 1 unspecified atom stereocenters. The molecule has 1 atom stereocenters. The Morgan fingerprint density at radius 3 is 2.57 bits per heavy atom. The van der Waals surface area contributed by atoms with Crippen LogP contribution in [0.1, 0.15) is 27.2 Å². The lowest BCUT2D eigenvalue weighted by Crippen LogP contribution is -2.32. The summed E-state index contributed by atoms with van der Waals surface area (Å²) in [7, 11) is 0. The molecule has 0 heterocycles. The summed E-state index contributed by atoms with van der Waals surface area (Å²) in [5.74, 6) is 1.62. The van der Waals surface area contributed by atoms with Crippen LogP contribution in [0.15, 0.2) is 0 Å². The van der Waals surface area contributed by atoms with E-state index in [1.54, 1.807) is 11.8 Å². The van der Waals surface area contributed by atoms with E-state index in [1.807, 2.05) is 6.92 Å². The van der Waals surface area contributed by atoms with Crippen LogP contribution in [0.4, 0.5) is 0 Å². The van der Waals surface area contributed by atoms with Crippen molar-refractivity contribution in [2.75, 3.05) is 18.8 Å². The minimum absolute atomic E-state index is 0.0192. The van der Waals surface area contributed by atoms with E-state index in [1.165, 1.54) is 0 Å². The molecule has 84 valence electrons. The highest BCUT2D eigenvalue weighted by Gasteiger charge is 2.11. The number of nitrogens with two attached hydrogens (primary N) is 1. The van der Waals surface area contributed by atoms with Gasteiger partial charge in [0.25, 0.3) is 0 Å². The molecule has 0 aliphatic carbocycles. The summed E-state index contributed by atoms with van der Waals surface area (Å²) in [6.45, 7) is 7.64. The average molecular weight is 218 g/mol. The van der Waals surface area contributed by atoms with Crippen molar-refractivity contribution in [2.24, 2.45) is 11.7 Å². The smallest absolute Gasteiger partial charge is 0.232 e. The van der Waals surface area contributed by atoms with Gasteiger partial charge in [-0.15, -0.1) is 11.8 Å². The Hall–Kier alpha value is -0.220. The van der Waals surface area contributed by atoms with Gasteiger partial charge in [0, 0.05) is 18.8 Å². The van der Waals surface area contributed by atoms with Gasteiger partial charge in [0.15, 0.2) is 0 Å². The Balaban J connectivity index is 3.52. The van der Waals surface area contributed by atoms with Crippen LogP contribution in [0.5, 0.6) is 0 Å². The largest absolute Gasteiger partial charge is 0.355 e. The molecule has 3 N–H and O–H groups in total. The number of hydrogen-bond donors (Lipinski definition) is 2. The second kappa shape index (κ2) is 8.12. The summed E-state index contributed by atoms with van der Waals surface area (Å²) in [4.78, 5) is 11.5. The van der Waals surface area contributed by atoms with E-state index >= 15 is 0 Å². The lowest BCUT2D eigenvalue weighted by atomic mass is 10.1. The molecule has 0 saturated heterocycles. The maximum absolute atomic E-state index is 11.5. The quantitative estimate of drug-likeness (QED) is 0.676. The summed E-state index contributed by atoms with van der Waals surface area (Å²) < 4.78 is 0. The minimum atomic E-state index is 0.0192. The fourth-order valence-corrected chi connectivity index (χ4v) is 1.67. The molecule has 0 aromatic carbocycles. The van der Waals surface area contributed by atoms with E-state index in [9.17, 15) is 4.79 Å². The zero-order chi connectivity index (χ0) is 11.0. The van der Waals surface area contributed by atoms with Crippen molar-refractivity contribution < 1.29 is 4.79 Å². The summed E-state index contributed by atoms with van der Waals surface area (Å²) >= 11 is 1.61. The van der Waals surface area contributed by atoms with Gasteiger partial charge in [-0.25, -0.2) is 0 Å². The van der Waals surface area contributed by atoms with Crippen molar-refractivity contribution in [1.29, 1.82) is 0 Å². The zero-order valence-corrected chi connectivity index (χ0v) is 10.2. The van der Waals surface area contributed by atoms with Crippen LogP contribution < -0.4 is 11.1 Å². The standard InChI is InChI=1S/C10H22N2OS/c1-8(2)4-6-12-10(13)9(3)14-7-5-11/h8-9H,4-7,11H2,1-3H3,(H,12,13). The molecule has 14 heavy (non-hydrogen) atoms. The minimum Gasteiger partial charge on any atom is -0.355 e. The molecular weight excluding hydrogens is 196 g/mol. The summed E-state index contributed by atoms with van der Waals surface area (Å²) in [5.41, 5.74) is 5.36. The predicted molar refractivity (Wildman–Crippen MR) is 63.4 cm³/mol. The van der Waals surface area contributed by atoms with E-state index in [0.29, 0.717) is 12.5 Å². The molecule has 0 rings (SSSR count). The van der Waals surface area contributed by atoms with Crippen molar-refractivity contribution in [1.82, 2.24) is 5.32 Å². The second-order valence-corrected chi connectivity index (χ2v) is 5.22. The van der Waals surface area contributed by atoms with Crippen LogP contribution in [0.3, 0.4) is 0 Å². The number of nitrogens with one attached hydrogen (secondary N) is 1. The maximum atomic E-state index is 11.5. The van der Waals surface area contributed by atoms with Crippen molar-refractivity contribution in [2.45, 2.75) is 32.4 Å². The van der Waals surface area contributed by atoms with Crippen molar-refractivity contribution in [3.8, 4) is 0 Å². The molecule has 0 aliphatic heterocycles. The van der Waals surface area contributed by atoms with Crippen molar-refractivity contribution >= 4 is 17.7 Å². The zero-order valence-electron chi connectivity index (χ0n) is 9.38. The third-order valence-electron chi connectivity index (χ3n) is 1.88. The van der Waals surface area contributed by atoms with E-state index < -0.39 is 0 Å². The van der Waals surface area contributed by atoms with Gasteiger partial charge in [0.05, 0.1) is 5.25 Å². The van der Waals surface area contributed by atoms with Gasteiger partial charge in [-0.1, -0.05) is 13.8 Å². The third-order valence-corrected chi connectivity index (χ3v) is 3.06. The van der Waals surface area contributed by atoms with Crippen LogP contribution in [0.25, 0.3) is 0 Å². The Labute approximate surface area is 91.2 Å². The number of carbonyl (C=O) groups is 1. The maximum Gasteiger partial charge on any atom is 0.232 e. The molecule has 0 fully saturated rings. The normalized spacial score (nSPS) is 12.9. The number of carbonyl (C=O) groups excluding carboxylic acids is 1. The van der Waals surface area contributed by atoms with E-state index in [0.717, 1.165) is 18.7 Å². The van der Waals surface area contributed by atoms with Crippen LogP contribution >= 0.6 is 11.8 Å². The highest BCUT2D eigenvalue weighted by atomic mass is 32.2. The van der Waals surface area contributed by atoms with Gasteiger partial charge in [0.1, 0.15) is 0 Å². The van der Waals surface area contributed by atoms with Crippen LogP contribution in [-0.2, 0) is 4.79 Å². The molecule has 0 saturated carbocycles. The lowest BCUT2D eigenvalue weighted by Gasteiger charge is -2.12. The first kappa shape index (κ1) is 13.8. The molecule has 1 amide bonds. The van der Waals surface area contributed by atoms with Crippen LogP contribution in [0.2, 0.25) is 0 Å². The first-order chi connectivity index (χ1) is 6.57. The third kappa shape index (κ3) is 7.21. The van der Waals surface area contributed by atoms with E-state index in [4.69, 9.17) is 5.73 Å². The van der Waals surface area contributed by atoms with Gasteiger partial charge in [-0.3, -0.25) is 4.79 Å². The number of thioether (sulfide) groups is 1. The molecule has 0 aromatic rings. The van der Waals surface area contributed by atoms with E-state index in [-0.39, 0.29) is 11.2 Å². The second-order valence-electron chi connectivity index (χ2n) is 3.78. The molecule has 0 aliphatic rings. The van der Waals surface area contributed by atoms with Crippen LogP contribution in [-0.4, -0.2) is 30.0 Å². The Bertz CT molecular complexity index is 162. The molecule has 0 radical (unpaired) electrons. The predicted octanol–water partition coefficient (Wildman–Crippen LogP) is 1.23. The summed E-state index contributed by atoms with van der Waals surface area (Å²) in [5, 5.41) is 2.94.